The number of ether oxygens (including phenoxy) is 2. The highest BCUT2D eigenvalue weighted by Crippen LogP contribution is 2.41. The minimum absolute atomic E-state index is 0.0588. The van der Waals surface area contributed by atoms with Gasteiger partial charge in [-0.1, -0.05) is 28.8 Å². The molecule has 1 unspecified atom stereocenters. The molecule has 1 spiro atoms. The highest BCUT2D eigenvalue weighted by molar-refractivity contribution is 9.10. The average Bonchev–Trinajstić information content (AvgIpc) is 2.88. The van der Waals surface area contributed by atoms with Gasteiger partial charge in [0.15, 0.2) is 0 Å². The third kappa shape index (κ3) is 3.43. The first-order valence-corrected chi connectivity index (χ1v) is 8.65. The summed E-state index contributed by atoms with van der Waals surface area (Å²) in [5, 5.41) is 9.94. The van der Waals surface area contributed by atoms with Gasteiger partial charge in [-0.3, -0.25) is 0 Å². The number of benzene rings is 1. The lowest BCUT2D eigenvalue weighted by molar-refractivity contribution is -0.108. The molecule has 1 heterocycles. The van der Waals surface area contributed by atoms with E-state index in [1.807, 2.05) is 18.2 Å². The van der Waals surface area contributed by atoms with Gasteiger partial charge in [0.05, 0.1) is 18.3 Å². The molecule has 1 saturated carbocycles. The zero-order valence-electron chi connectivity index (χ0n) is 12.5. The minimum atomic E-state index is -0.530. The molecule has 0 amide bonds. The van der Waals surface area contributed by atoms with Crippen molar-refractivity contribution in [1.29, 1.82) is 0 Å². The van der Waals surface area contributed by atoms with Crippen LogP contribution in [0.1, 0.15) is 57.1 Å². The van der Waals surface area contributed by atoms with Crippen LogP contribution in [0.5, 0.6) is 5.75 Å². The van der Waals surface area contributed by atoms with Gasteiger partial charge in [0.2, 0.25) is 0 Å². The third-order valence-electron chi connectivity index (χ3n) is 4.68. The minimum Gasteiger partial charge on any atom is -0.490 e. The predicted octanol–water partition coefficient (Wildman–Crippen LogP) is 4.37. The second kappa shape index (κ2) is 6.27. The molecule has 2 atom stereocenters. The Bertz CT molecular complexity index is 495. The van der Waals surface area contributed by atoms with E-state index in [1.165, 1.54) is 12.8 Å². The van der Waals surface area contributed by atoms with Crippen LogP contribution in [0.25, 0.3) is 0 Å². The van der Waals surface area contributed by atoms with Crippen LogP contribution in [0.4, 0.5) is 0 Å². The van der Waals surface area contributed by atoms with E-state index in [0.717, 1.165) is 48.1 Å². The van der Waals surface area contributed by atoms with Gasteiger partial charge in [-0.15, -0.1) is 0 Å². The molecule has 0 bridgehead atoms. The maximum Gasteiger partial charge on any atom is 0.125 e. The molecule has 3 nitrogen and oxygen atoms in total. The number of halogens is 1. The summed E-state index contributed by atoms with van der Waals surface area (Å²) in [4.78, 5) is 0. The smallest absolute Gasteiger partial charge is 0.125 e. The highest BCUT2D eigenvalue weighted by atomic mass is 79.9. The summed E-state index contributed by atoms with van der Waals surface area (Å²) >= 11 is 3.45. The van der Waals surface area contributed by atoms with Gasteiger partial charge in [-0.2, -0.15) is 0 Å². The van der Waals surface area contributed by atoms with Crippen molar-refractivity contribution in [3.05, 3.63) is 28.2 Å². The molecule has 2 aliphatic rings. The lowest BCUT2D eigenvalue weighted by atomic mass is 9.90. The number of aliphatic hydroxyl groups is 1. The van der Waals surface area contributed by atoms with Gasteiger partial charge in [0.25, 0.3) is 0 Å². The summed E-state index contributed by atoms with van der Waals surface area (Å²) in [6, 6.07) is 5.85. The summed E-state index contributed by atoms with van der Waals surface area (Å²) in [6.45, 7) is 2.56. The average molecular weight is 355 g/mol. The lowest BCUT2D eigenvalue weighted by Gasteiger charge is -2.38. The summed E-state index contributed by atoms with van der Waals surface area (Å²) in [5.74, 6) is 0.799. The van der Waals surface area contributed by atoms with E-state index in [2.05, 4.69) is 15.9 Å². The normalized spacial score (nSPS) is 26.0. The summed E-state index contributed by atoms with van der Waals surface area (Å²) < 4.78 is 13.2. The van der Waals surface area contributed by atoms with Crippen molar-refractivity contribution in [2.45, 2.75) is 63.3 Å². The van der Waals surface area contributed by atoms with E-state index < -0.39 is 6.10 Å². The highest BCUT2D eigenvalue weighted by Gasteiger charge is 2.40. The topological polar surface area (TPSA) is 38.7 Å². The molecule has 4 heteroatoms. The van der Waals surface area contributed by atoms with E-state index in [-0.39, 0.29) is 11.7 Å². The molecule has 0 radical (unpaired) electrons. The van der Waals surface area contributed by atoms with Crippen molar-refractivity contribution in [1.82, 2.24) is 0 Å². The molecule has 0 aromatic heterocycles. The Hall–Kier alpha value is -0.580. The fourth-order valence-corrected chi connectivity index (χ4v) is 3.96. The molecular weight excluding hydrogens is 332 g/mol. The van der Waals surface area contributed by atoms with Crippen molar-refractivity contribution >= 4 is 15.9 Å². The molecule has 1 aromatic carbocycles. The summed E-state index contributed by atoms with van der Waals surface area (Å²) in [5.41, 5.74) is 0.903. The molecule has 116 valence electrons. The van der Waals surface area contributed by atoms with Gasteiger partial charge >= 0.3 is 0 Å². The van der Waals surface area contributed by atoms with E-state index >= 15 is 0 Å². The quantitative estimate of drug-likeness (QED) is 0.875. The molecule has 1 aliphatic heterocycles. The van der Waals surface area contributed by atoms with Crippen LogP contribution in [0, 0.1) is 0 Å². The van der Waals surface area contributed by atoms with Gasteiger partial charge in [-0.25, -0.2) is 0 Å². The Morgan fingerprint density at radius 3 is 2.86 bits per heavy atom. The SMILES string of the molecule is C[C@H](O)c1cc(Br)ccc1OC1CCOC2(CCCC2)C1. The van der Waals surface area contributed by atoms with Crippen LogP contribution in [0.3, 0.4) is 0 Å². The monoisotopic (exact) mass is 354 g/mol. The number of hydrogen-bond acceptors (Lipinski definition) is 3. The van der Waals surface area contributed by atoms with Crippen LogP contribution in [-0.4, -0.2) is 23.4 Å². The van der Waals surface area contributed by atoms with E-state index in [0.29, 0.717) is 0 Å². The molecule has 1 aliphatic carbocycles. The van der Waals surface area contributed by atoms with Gasteiger partial charge in [0, 0.05) is 22.9 Å². The standard InChI is InChI=1S/C17H23BrO3/c1-12(19)15-10-13(18)4-5-16(15)21-14-6-9-20-17(11-14)7-2-3-8-17/h4-5,10,12,14,19H,2-3,6-9,11H2,1H3/t12-,14?/m0/s1. The van der Waals surface area contributed by atoms with E-state index in [9.17, 15) is 5.11 Å². The van der Waals surface area contributed by atoms with Crippen LogP contribution in [0.15, 0.2) is 22.7 Å². The largest absolute Gasteiger partial charge is 0.490 e. The van der Waals surface area contributed by atoms with Gasteiger partial charge < -0.3 is 14.6 Å². The van der Waals surface area contributed by atoms with E-state index in [4.69, 9.17) is 9.47 Å². The number of aliphatic hydroxyl groups excluding tert-OH is 1. The van der Waals surface area contributed by atoms with Crippen LogP contribution in [-0.2, 0) is 4.74 Å². The van der Waals surface area contributed by atoms with Crippen molar-refractivity contribution in [3.8, 4) is 5.75 Å². The van der Waals surface area contributed by atoms with Crippen LogP contribution in [0.2, 0.25) is 0 Å². The Morgan fingerprint density at radius 2 is 2.14 bits per heavy atom. The first-order valence-electron chi connectivity index (χ1n) is 7.86. The van der Waals surface area contributed by atoms with Crippen LogP contribution >= 0.6 is 15.9 Å². The molecule has 1 N–H and O–H groups in total. The van der Waals surface area contributed by atoms with Crippen molar-refractivity contribution < 1.29 is 14.6 Å². The molecule has 2 fully saturated rings. The Kier molecular flexibility index (Phi) is 4.57. The van der Waals surface area contributed by atoms with Gasteiger partial charge in [0.1, 0.15) is 11.9 Å². The third-order valence-corrected chi connectivity index (χ3v) is 5.17. The zero-order valence-corrected chi connectivity index (χ0v) is 14.1. The Labute approximate surface area is 134 Å². The molecule has 21 heavy (non-hydrogen) atoms. The van der Waals surface area contributed by atoms with Crippen molar-refractivity contribution in [3.63, 3.8) is 0 Å². The van der Waals surface area contributed by atoms with Crippen molar-refractivity contribution in [2.24, 2.45) is 0 Å². The molecule has 1 aromatic rings. The first kappa shape index (κ1) is 15.3. The summed E-state index contributed by atoms with van der Waals surface area (Å²) in [6.07, 6.45) is 6.42. The van der Waals surface area contributed by atoms with Crippen molar-refractivity contribution in [2.75, 3.05) is 6.61 Å². The fourth-order valence-electron chi connectivity index (χ4n) is 3.58. The maximum absolute atomic E-state index is 9.94. The second-order valence-electron chi connectivity index (χ2n) is 6.33. The zero-order chi connectivity index (χ0) is 14.9. The summed E-state index contributed by atoms with van der Waals surface area (Å²) in [7, 11) is 0. The fraction of sp³-hybridized carbons (Fsp3) is 0.647. The predicted molar refractivity (Wildman–Crippen MR) is 85.6 cm³/mol. The maximum atomic E-state index is 9.94. The van der Waals surface area contributed by atoms with Gasteiger partial charge in [-0.05, 0) is 38.0 Å². The molecule has 1 saturated heterocycles. The van der Waals surface area contributed by atoms with E-state index in [1.54, 1.807) is 6.92 Å². The first-order chi connectivity index (χ1) is 10.1. The lowest BCUT2D eigenvalue weighted by Crippen LogP contribution is -2.41. The molecule has 3 rings (SSSR count). The molecular formula is C17H23BrO3. The Balaban J connectivity index is 1.74. The number of rotatable bonds is 3. The Morgan fingerprint density at radius 1 is 1.38 bits per heavy atom. The number of hydrogen-bond donors (Lipinski definition) is 1. The second-order valence-corrected chi connectivity index (χ2v) is 7.25. The van der Waals surface area contributed by atoms with Crippen LogP contribution < -0.4 is 4.74 Å².